The Labute approximate surface area is 181 Å². The molecule has 5 nitrogen and oxygen atoms in total. The SMILES string of the molecule is Cc1cc(C2NNC3CC4NC(=O)C(C(C)c5ccc(F)cc5F)CC4CC32)ccn1. The van der Waals surface area contributed by atoms with Crippen LogP contribution in [-0.4, -0.2) is 23.0 Å². The van der Waals surface area contributed by atoms with Crippen LogP contribution in [0.15, 0.2) is 36.5 Å². The van der Waals surface area contributed by atoms with Gasteiger partial charge in [0, 0.05) is 36.0 Å². The molecule has 7 heteroatoms. The lowest BCUT2D eigenvalue weighted by atomic mass is 9.66. The molecule has 1 aliphatic carbocycles. The third kappa shape index (κ3) is 3.74. The van der Waals surface area contributed by atoms with Crippen molar-refractivity contribution in [3.8, 4) is 0 Å². The van der Waals surface area contributed by atoms with Gasteiger partial charge in [-0.3, -0.25) is 15.2 Å². The van der Waals surface area contributed by atoms with Crippen molar-refractivity contribution in [1.29, 1.82) is 0 Å². The topological polar surface area (TPSA) is 66.0 Å². The molecule has 164 valence electrons. The van der Waals surface area contributed by atoms with Gasteiger partial charge >= 0.3 is 0 Å². The maximum absolute atomic E-state index is 14.4. The number of hydrazine groups is 1. The first-order valence-corrected chi connectivity index (χ1v) is 11.1. The number of hydrogen-bond donors (Lipinski definition) is 3. The van der Waals surface area contributed by atoms with Gasteiger partial charge < -0.3 is 5.32 Å². The van der Waals surface area contributed by atoms with E-state index < -0.39 is 11.6 Å². The number of nitrogens with zero attached hydrogens (tertiary/aromatic N) is 1. The molecule has 0 radical (unpaired) electrons. The van der Waals surface area contributed by atoms with Crippen LogP contribution in [0.4, 0.5) is 8.78 Å². The number of pyridine rings is 1. The van der Waals surface area contributed by atoms with Crippen LogP contribution in [0.25, 0.3) is 0 Å². The number of carbonyl (C=O) groups excluding carboxylic acids is 1. The third-order valence-corrected chi connectivity index (χ3v) is 7.58. The highest BCUT2D eigenvalue weighted by Gasteiger charge is 2.49. The van der Waals surface area contributed by atoms with Crippen molar-refractivity contribution in [2.45, 2.75) is 57.2 Å². The molecule has 2 saturated heterocycles. The zero-order valence-corrected chi connectivity index (χ0v) is 17.7. The van der Waals surface area contributed by atoms with Crippen molar-refractivity contribution >= 4 is 5.91 Å². The number of hydrogen-bond acceptors (Lipinski definition) is 4. The monoisotopic (exact) mass is 426 g/mol. The molecule has 1 saturated carbocycles. The van der Waals surface area contributed by atoms with Crippen LogP contribution in [-0.2, 0) is 4.79 Å². The second-order valence-corrected chi connectivity index (χ2v) is 9.41. The molecule has 1 aromatic carbocycles. The normalized spacial score (nSPS) is 33.4. The van der Waals surface area contributed by atoms with Crippen LogP contribution >= 0.6 is 0 Å². The maximum atomic E-state index is 14.4. The molecule has 5 rings (SSSR count). The number of aryl methyl sites for hydroxylation is 1. The molecule has 7 atom stereocenters. The predicted octanol–water partition coefficient (Wildman–Crippen LogP) is 3.52. The van der Waals surface area contributed by atoms with E-state index in [4.69, 9.17) is 0 Å². The molecule has 3 aliphatic rings. The number of amides is 1. The molecule has 3 heterocycles. The molecule has 1 aromatic heterocycles. The van der Waals surface area contributed by atoms with Crippen LogP contribution in [0.5, 0.6) is 0 Å². The Morgan fingerprint density at radius 3 is 2.68 bits per heavy atom. The van der Waals surface area contributed by atoms with Gasteiger partial charge in [-0.05, 0) is 73.3 Å². The molecule has 2 aliphatic heterocycles. The van der Waals surface area contributed by atoms with Crippen LogP contribution in [0, 0.1) is 36.3 Å². The van der Waals surface area contributed by atoms with Crippen molar-refractivity contribution in [2.75, 3.05) is 0 Å². The average Bonchev–Trinajstić information content (AvgIpc) is 3.14. The minimum Gasteiger partial charge on any atom is -0.353 e. The molecule has 3 fully saturated rings. The Hall–Kier alpha value is -2.38. The molecule has 0 spiro atoms. The number of carbonyl (C=O) groups is 1. The van der Waals surface area contributed by atoms with E-state index in [0.29, 0.717) is 23.4 Å². The van der Waals surface area contributed by atoms with Gasteiger partial charge in [0.05, 0.1) is 6.04 Å². The highest BCUT2D eigenvalue weighted by molar-refractivity contribution is 5.81. The van der Waals surface area contributed by atoms with Crippen LogP contribution in [0.2, 0.25) is 0 Å². The van der Waals surface area contributed by atoms with E-state index in [2.05, 4.69) is 33.3 Å². The van der Waals surface area contributed by atoms with Crippen molar-refractivity contribution in [2.24, 2.45) is 17.8 Å². The van der Waals surface area contributed by atoms with E-state index in [1.165, 1.54) is 17.7 Å². The van der Waals surface area contributed by atoms with Crippen molar-refractivity contribution in [1.82, 2.24) is 21.2 Å². The van der Waals surface area contributed by atoms with Crippen LogP contribution < -0.4 is 16.2 Å². The Balaban J connectivity index is 1.35. The summed E-state index contributed by atoms with van der Waals surface area (Å²) >= 11 is 0. The molecule has 31 heavy (non-hydrogen) atoms. The lowest BCUT2D eigenvalue weighted by Crippen LogP contribution is -2.56. The van der Waals surface area contributed by atoms with Gasteiger partial charge in [-0.15, -0.1) is 0 Å². The predicted molar refractivity (Wildman–Crippen MR) is 113 cm³/mol. The Kier molecular flexibility index (Phi) is 5.26. The fraction of sp³-hybridized carbons (Fsp3) is 0.500. The van der Waals surface area contributed by atoms with Gasteiger partial charge in [0.25, 0.3) is 0 Å². The summed E-state index contributed by atoms with van der Waals surface area (Å²) in [6.07, 6.45) is 4.43. The van der Waals surface area contributed by atoms with Gasteiger partial charge in [0.1, 0.15) is 11.6 Å². The quantitative estimate of drug-likeness (QED) is 0.703. The van der Waals surface area contributed by atoms with E-state index in [9.17, 15) is 13.6 Å². The Morgan fingerprint density at radius 1 is 1.06 bits per heavy atom. The van der Waals surface area contributed by atoms with Gasteiger partial charge in [-0.2, -0.15) is 0 Å². The van der Waals surface area contributed by atoms with E-state index in [0.717, 1.165) is 31.0 Å². The average molecular weight is 427 g/mol. The first-order chi connectivity index (χ1) is 14.9. The minimum absolute atomic E-state index is 0.0248. The summed E-state index contributed by atoms with van der Waals surface area (Å²) in [6, 6.07) is 8.45. The number of nitrogens with one attached hydrogen (secondary N) is 3. The summed E-state index contributed by atoms with van der Waals surface area (Å²) < 4.78 is 27.7. The van der Waals surface area contributed by atoms with Crippen LogP contribution in [0.3, 0.4) is 0 Å². The van der Waals surface area contributed by atoms with Gasteiger partial charge in [0.2, 0.25) is 5.91 Å². The van der Waals surface area contributed by atoms with Crippen molar-refractivity contribution in [3.63, 3.8) is 0 Å². The minimum atomic E-state index is -0.599. The van der Waals surface area contributed by atoms with Crippen molar-refractivity contribution < 1.29 is 13.6 Å². The molecule has 1 amide bonds. The lowest BCUT2D eigenvalue weighted by molar-refractivity contribution is -0.131. The van der Waals surface area contributed by atoms with E-state index in [-0.39, 0.29) is 29.8 Å². The maximum Gasteiger partial charge on any atom is 0.223 e. The fourth-order valence-electron chi connectivity index (χ4n) is 5.93. The number of aromatic nitrogens is 1. The van der Waals surface area contributed by atoms with Gasteiger partial charge in [-0.1, -0.05) is 13.0 Å². The lowest BCUT2D eigenvalue weighted by Gasteiger charge is -2.45. The smallest absolute Gasteiger partial charge is 0.223 e. The second-order valence-electron chi connectivity index (χ2n) is 9.41. The summed E-state index contributed by atoms with van der Waals surface area (Å²) in [6.45, 7) is 3.87. The van der Waals surface area contributed by atoms with Gasteiger partial charge in [0.15, 0.2) is 0 Å². The molecule has 3 N–H and O–H groups in total. The summed E-state index contributed by atoms with van der Waals surface area (Å²) in [5.41, 5.74) is 9.53. The third-order valence-electron chi connectivity index (χ3n) is 7.58. The number of piperidine rings is 1. The van der Waals surface area contributed by atoms with E-state index >= 15 is 0 Å². The van der Waals surface area contributed by atoms with E-state index in [1.807, 2.05) is 20.0 Å². The Morgan fingerprint density at radius 2 is 1.90 bits per heavy atom. The Bertz CT molecular complexity index is 999. The zero-order valence-electron chi connectivity index (χ0n) is 17.7. The van der Waals surface area contributed by atoms with Gasteiger partial charge in [-0.25, -0.2) is 14.2 Å². The molecule has 2 aromatic rings. The number of fused-ring (bicyclic) bond motifs is 2. The van der Waals surface area contributed by atoms with E-state index in [1.54, 1.807) is 0 Å². The largest absolute Gasteiger partial charge is 0.353 e. The highest BCUT2D eigenvalue weighted by Crippen LogP contribution is 2.46. The first-order valence-electron chi connectivity index (χ1n) is 11.1. The number of rotatable bonds is 3. The first kappa shape index (κ1) is 20.5. The molecular formula is C24H28F2N4O. The molecule has 0 bridgehead atoms. The summed E-state index contributed by atoms with van der Waals surface area (Å²) in [5.74, 6) is -1.08. The summed E-state index contributed by atoms with van der Waals surface area (Å²) in [5, 5.41) is 3.21. The molecular weight excluding hydrogens is 398 g/mol. The zero-order chi connectivity index (χ0) is 21.7. The summed E-state index contributed by atoms with van der Waals surface area (Å²) in [7, 11) is 0. The second kappa shape index (κ2) is 7.95. The highest BCUT2D eigenvalue weighted by atomic mass is 19.1. The molecule has 7 unspecified atom stereocenters. The van der Waals surface area contributed by atoms with Crippen molar-refractivity contribution in [3.05, 3.63) is 65.0 Å². The summed E-state index contributed by atoms with van der Waals surface area (Å²) in [4.78, 5) is 17.2. The number of halogens is 2. The standard InChI is InChI=1S/C24H28F2N4O/c1-12-7-14(5-6-27-12)23-19-9-15-8-18(13(2)17-4-3-16(25)10-20(17)26)24(31)28-21(15)11-22(19)29-30-23/h3-7,10,13,15,18-19,21-23,29-30H,8-9,11H2,1-2H3,(H,28,31). The van der Waals surface area contributed by atoms with Crippen LogP contribution in [0.1, 0.15) is 55.0 Å². The fourth-order valence-corrected chi connectivity index (χ4v) is 5.93. The number of benzene rings is 1.